The maximum Gasteiger partial charge on any atom is 0.251 e. The largest absolute Gasteiger partial charge is 0.383 e. The van der Waals surface area contributed by atoms with Gasteiger partial charge in [0.25, 0.3) is 5.91 Å². The van der Waals surface area contributed by atoms with Crippen LogP contribution in [0.1, 0.15) is 28.8 Å². The van der Waals surface area contributed by atoms with Crippen LogP contribution in [0.5, 0.6) is 0 Å². The Bertz CT molecular complexity index is 742. The summed E-state index contributed by atoms with van der Waals surface area (Å²) in [4.78, 5) is 15.1. The summed E-state index contributed by atoms with van der Waals surface area (Å²) in [5.74, 6) is 0.526. The molecule has 0 aromatic heterocycles. The lowest BCUT2D eigenvalue weighted by atomic mass is 9.97. The van der Waals surface area contributed by atoms with E-state index in [9.17, 15) is 4.79 Å². The molecule has 1 aliphatic rings. The van der Waals surface area contributed by atoms with Crippen molar-refractivity contribution in [1.82, 2.24) is 10.2 Å². The highest BCUT2D eigenvalue weighted by Gasteiger charge is 2.20. The summed E-state index contributed by atoms with van der Waals surface area (Å²) in [6.07, 6.45) is 2.36. The molecule has 1 fully saturated rings. The maximum atomic E-state index is 12.6. The molecule has 3 rings (SSSR count). The molecule has 0 aliphatic carbocycles. The van der Waals surface area contributed by atoms with Crippen molar-refractivity contribution < 1.29 is 9.53 Å². The molecule has 2 aromatic rings. The molecule has 0 radical (unpaired) electrons. The van der Waals surface area contributed by atoms with Crippen LogP contribution in [0.4, 0.5) is 0 Å². The van der Waals surface area contributed by atoms with Crippen molar-refractivity contribution in [3.63, 3.8) is 0 Å². The first-order valence-electron chi connectivity index (χ1n) is 9.82. The minimum absolute atomic E-state index is 0.0120. The average Bonchev–Trinajstić information content (AvgIpc) is 2.71. The zero-order valence-electron chi connectivity index (χ0n) is 16.4. The molecule has 1 amide bonds. The molecule has 144 valence electrons. The number of nitrogens with one attached hydrogen (secondary N) is 1. The zero-order chi connectivity index (χ0) is 19.1. The van der Waals surface area contributed by atoms with Crippen molar-refractivity contribution in [1.29, 1.82) is 0 Å². The first-order chi connectivity index (χ1) is 13.2. The fourth-order valence-electron chi connectivity index (χ4n) is 3.67. The number of piperidine rings is 1. The van der Waals surface area contributed by atoms with Gasteiger partial charge in [-0.1, -0.05) is 42.0 Å². The molecule has 1 heterocycles. The van der Waals surface area contributed by atoms with E-state index in [0.717, 1.165) is 49.5 Å². The molecule has 1 saturated heterocycles. The molecule has 1 aliphatic heterocycles. The van der Waals surface area contributed by atoms with Gasteiger partial charge in [-0.2, -0.15) is 0 Å². The average molecular weight is 367 g/mol. The molecule has 4 nitrogen and oxygen atoms in total. The van der Waals surface area contributed by atoms with E-state index in [-0.39, 0.29) is 5.91 Å². The molecule has 4 heteroatoms. The second kappa shape index (κ2) is 9.67. The third-order valence-corrected chi connectivity index (χ3v) is 5.28. The molecular weight excluding hydrogens is 336 g/mol. The molecule has 1 unspecified atom stereocenters. The third kappa shape index (κ3) is 5.65. The van der Waals surface area contributed by atoms with Crippen LogP contribution in [-0.4, -0.2) is 50.7 Å². The van der Waals surface area contributed by atoms with E-state index in [1.165, 1.54) is 18.4 Å². The van der Waals surface area contributed by atoms with E-state index in [1.54, 1.807) is 7.11 Å². The zero-order valence-corrected chi connectivity index (χ0v) is 16.4. The quantitative estimate of drug-likeness (QED) is 0.811. The van der Waals surface area contributed by atoms with E-state index >= 15 is 0 Å². The lowest BCUT2D eigenvalue weighted by Gasteiger charge is -2.32. The van der Waals surface area contributed by atoms with Gasteiger partial charge in [-0.05, 0) is 55.5 Å². The van der Waals surface area contributed by atoms with Crippen LogP contribution < -0.4 is 5.32 Å². The van der Waals surface area contributed by atoms with Gasteiger partial charge in [-0.15, -0.1) is 0 Å². The number of amides is 1. The SMILES string of the molecule is COCCN1CCCC(CNC(=O)c2cccc(-c3ccc(C)cc3)c2)C1. The highest BCUT2D eigenvalue weighted by atomic mass is 16.5. The van der Waals surface area contributed by atoms with E-state index in [0.29, 0.717) is 5.92 Å². The van der Waals surface area contributed by atoms with Gasteiger partial charge in [0.05, 0.1) is 6.61 Å². The van der Waals surface area contributed by atoms with Crippen molar-refractivity contribution >= 4 is 5.91 Å². The van der Waals surface area contributed by atoms with Crippen LogP contribution in [0.2, 0.25) is 0 Å². The molecule has 1 atom stereocenters. The number of rotatable bonds is 7. The predicted octanol–water partition coefficient (Wildman–Crippen LogP) is 3.75. The summed E-state index contributed by atoms with van der Waals surface area (Å²) in [5, 5.41) is 3.14. The van der Waals surface area contributed by atoms with Crippen LogP contribution in [-0.2, 0) is 4.74 Å². The summed E-state index contributed by atoms with van der Waals surface area (Å²) >= 11 is 0. The van der Waals surface area contributed by atoms with E-state index in [2.05, 4.69) is 47.5 Å². The third-order valence-electron chi connectivity index (χ3n) is 5.28. The molecule has 1 N–H and O–H groups in total. The fraction of sp³-hybridized carbons (Fsp3) is 0.435. The minimum Gasteiger partial charge on any atom is -0.383 e. The van der Waals surface area contributed by atoms with Crippen LogP contribution in [0.25, 0.3) is 11.1 Å². The maximum absolute atomic E-state index is 12.6. The van der Waals surface area contributed by atoms with Crippen LogP contribution >= 0.6 is 0 Å². The van der Waals surface area contributed by atoms with Gasteiger partial charge in [-0.3, -0.25) is 4.79 Å². The Balaban J connectivity index is 1.56. The van der Waals surface area contributed by atoms with Crippen molar-refractivity contribution in [2.45, 2.75) is 19.8 Å². The van der Waals surface area contributed by atoms with Gasteiger partial charge < -0.3 is 15.0 Å². The highest BCUT2D eigenvalue weighted by molar-refractivity contribution is 5.95. The monoisotopic (exact) mass is 366 g/mol. The number of carbonyl (C=O) groups is 1. The molecule has 0 saturated carbocycles. The first kappa shape index (κ1) is 19.6. The number of methoxy groups -OCH3 is 1. The van der Waals surface area contributed by atoms with E-state index < -0.39 is 0 Å². The number of nitrogens with zero attached hydrogens (tertiary/aromatic N) is 1. The smallest absolute Gasteiger partial charge is 0.251 e. The number of hydrogen-bond acceptors (Lipinski definition) is 3. The van der Waals surface area contributed by atoms with Crippen molar-refractivity contribution in [2.75, 3.05) is 39.9 Å². The van der Waals surface area contributed by atoms with Gasteiger partial charge in [-0.25, -0.2) is 0 Å². The lowest BCUT2D eigenvalue weighted by Crippen LogP contribution is -2.42. The Morgan fingerprint density at radius 1 is 1.19 bits per heavy atom. The Labute approximate surface area is 162 Å². The van der Waals surface area contributed by atoms with E-state index in [1.807, 2.05) is 18.2 Å². The molecule has 27 heavy (non-hydrogen) atoms. The van der Waals surface area contributed by atoms with Gasteiger partial charge in [0.15, 0.2) is 0 Å². The van der Waals surface area contributed by atoms with Crippen molar-refractivity contribution in [3.05, 3.63) is 59.7 Å². The second-order valence-electron chi connectivity index (χ2n) is 7.46. The highest BCUT2D eigenvalue weighted by Crippen LogP contribution is 2.21. The van der Waals surface area contributed by atoms with Crippen molar-refractivity contribution in [2.24, 2.45) is 5.92 Å². The van der Waals surface area contributed by atoms with Crippen LogP contribution in [0, 0.1) is 12.8 Å². The lowest BCUT2D eigenvalue weighted by molar-refractivity contribution is 0.0913. The minimum atomic E-state index is 0.0120. The Kier molecular flexibility index (Phi) is 7.02. The molecular formula is C23H30N2O2. The molecule has 0 spiro atoms. The van der Waals surface area contributed by atoms with Crippen LogP contribution in [0.15, 0.2) is 48.5 Å². The second-order valence-corrected chi connectivity index (χ2v) is 7.46. The standard InChI is InChI=1S/C23H30N2O2/c1-18-8-10-20(11-9-18)21-6-3-7-22(15-21)23(26)24-16-19-5-4-12-25(17-19)13-14-27-2/h3,6-11,15,19H,4-5,12-14,16-17H2,1-2H3,(H,24,26). The summed E-state index contributed by atoms with van der Waals surface area (Å²) in [6, 6.07) is 16.3. The van der Waals surface area contributed by atoms with Crippen molar-refractivity contribution in [3.8, 4) is 11.1 Å². The van der Waals surface area contributed by atoms with Crippen LogP contribution in [0.3, 0.4) is 0 Å². The fourth-order valence-corrected chi connectivity index (χ4v) is 3.67. The Morgan fingerprint density at radius 3 is 2.78 bits per heavy atom. The van der Waals surface area contributed by atoms with Gasteiger partial charge in [0, 0.05) is 32.3 Å². The topological polar surface area (TPSA) is 41.6 Å². The summed E-state index contributed by atoms with van der Waals surface area (Å²) in [6.45, 7) is 6.72. The number of aryl methyl sites for hydroxylation is 1. The summed E-state index contributed by atoms with van der Waals surface area (Å²) in [5.41, 5.74) is 4.17. The van der Waals surface area contributed by atoms with E-state index in [4.69, 9.17) is 4.74 Å². The summed E-state index contributed by atoms with van der Waals surface area (Å²) in [7, 11) is 1.74. The normalized spacial score (nSPS) is 17.6. The number of likely N-dealkylation sites (tertiary alicyclic amines) is 1. The molecule has 0 bridgehead atoms. The van der Waals surface area contributed by atoms with Gasteiger partial charge >= 0.3 is 0 Å². The Hall–Kier alpha value is -2.17. The predicted molar refractivity (Wildman–Crippen MR) is 110 cm³/mol. The number of ether oxygens (including phenoxy) is 1. The summed E-state index contributed by atoms with van der Waals surface area (Å²) < 4.78 is 5.18. The number of carbonyl (C=O) groups excluding carboxylic acids is 1. The van der Waals surface area contributed by atoms with Gasteiger partial charge in [0.2, 0.25) is 0 Å². The molecule has 2 aromatic carbocycles. The Morgan fingerprint density at radius 2 is 2.00 bits per heavy atom. The first-order valence-corrected chi connectivity index (χ1v) is 9.82. The number of benzene rings is 2. The van der Waals surface area contributed by atoms with Gasteiger partial charge in [0.1, 0.15) is 0 Å². The number of hydrogen-bond donors (Lipinski definition) is 1.